The summed E-state index contributed by atoms with van der Waals surface area (Å²) in [5.41, 5.74) is 0.501. The molecule has 47 heavy (non-hydrogen) atoms. The van der Waals surface area contributed by atoms with E-state index in [-0.39, 0.29) is 23.4 Å². The zero-order chi connectivity index (χ0) is 33.5. The number of nitrogens with one attached hydrogen (secondary N) is 3. The second-order valence-electron chi connectivity index (χ2n) is 13.6. The lowest BCUT2D eigenvalue weighted by Crippen LogP contribution is -2.55. The third-order valence-corrected chi connectivity index (χ3v) is 10.0. The van der Waals surface area contributed by atoms with Gasteiger partial charge in [0.15, 0.2) is 0 Å². The first-order chi connectivity index (χ1) is 22.6. The number of hydrogen-bond donors (Lipinski definition) is 3. The van der Waals surface area contributed by atoms with E-state index in [1.165, 1.54) is 12.1 Å². The van der Waals surface area contributed by atoms with Crippen LogP contribution in [0.2, 0.25) is 0 Å². The molecular formula is C35H50FN7O4. The minimum absolute atomic E-state index is 0.0318. The average molecular weight is 652 g/mol. The molecule has 1 saturated heterocycles. The Balaban J connectivity index is 1.32. The Labute approximate surface area is 277 Å². The van der Waals surface area contributed by atoms with Gasteiger partial charge < -0.3 is 25.8 Å². The number of rotatable bonds is 12. The molecule has 1 aromatic heterocycles. The van der Waals surface area contributed by atoms with E-state index in [0.29, 0.717) is 43.4 Å². The van der Waals surface area contributed by atoms with Gasteiger partial charge in [0.2, 0.25) is 23.6 Å². The monoisotopic (exact) mass is 651 g/mol. The molecule has 3 fully saturated rings. The summed E-state index contributed by atoms with van der Waals surface area (Å²) in [6, 6.07) is 5.33. The number of benzene rings is 1. The first-order valence-corrected chi connectivity index (χ1v) is 17.3. The van der Waals surface area contributed by atoms with Gasteiger partial charge in [-0.15, -0.1) is 0 Å². The van der Waals surface area contributed by atoms with Crippen molar-refractivity contribution < 1.29 is 23.6 Å². The van der Waals surface area contributed by atoms with Crippen molar-refractivity contribution in [1.82, 2.24) is 24.9 Å². The highest BCUT2D eigenvalue weighted by atomic mass is 19.1. The molecule has 5 rings (SSSR count). The SMILES string of the molecule is CCn1nccc1NC(=O)[C@H](C(=O)Nc1ccc([C@H](C)[C@@H](NC(=O)CC2CC2)C(=O)N2CCN(C)CC2)cc1F)C1CCCCCC1. The predicted octanol–water partition coefficient (Wildman–Crippen LogP) is 4.37. The summed E-state index contributed by atoms with van der Waals surface area (Å²) in [6.07, 6.45) is 9.48. The number of amides is 4. The van der Waals surface area contributed by atoms with E-state index in [2.05, 4.69) is 25.9 Å². The zero-order valence-corrected chi connectivity index (χ0v) is 28.0. The summed E-state index contributed by atoms with van der Waals surface area (Å²) in [6.45, 7) is 6.90. The van der Waals surface area contributed by atoms with Gasteiger partial charge >= 0.3 is 0 Å². The van der Waals surface area contributed by atoms with Gasteiger partial charge in [-0.1, -0.05) is 38.7 Å². The van der Waals surface area contributed by atoms with E-state index >= 15 is 4.39 Å². The summed E-state index contributed by atoms with van der Waals surface area (Å²) in [5.74, 6) is -2.79. The zero-order valence-electron chi connectivity index (χ0n) is 28.0. The van der Waals surface area contributed by atoms with Gasteiger partial charge in [-0.25, -0.2) is 9.07 Å². The molecule has 0 spiro atoms. The molecule has 2 aliphatic carbocycles. The molecular weight excluding hydrogens is 601 g/mol. The molecule has 256 valence electrons. The molecule has 1 aliphatic heterocycles. The largest absolute Gasteiger partial charge is 0.344 e. The second kappa shape index (κ2) is 15.9. The van der Waals surface area contributed by atoms with Crippen LogP contribution < -0.4 is 16.0 Å². The lowest BCUT2D eigenvalue weighted by atomic mass is 9.84. The molecule has 2 aromatic rings. The van der Waals surface area contributed by atoms with Gasteiger partial charge in [-0.3, -0.25) is 19.2 Å². The quantitative estimate of drug-likeness (QED) is 0.231. The van der Waals surface area contributed by atoms with Crippen LogP contribution in [0.4, 0.5) is 15.9 Å². The van der Waals surface area contributed by atoms with Crippen molar-refractivity contribution >= 4 is 35.1 Å². The molecule has 3 aliphatic rings. The van der Waals surface area contributed by atoms with Crippen LogP contribution >= 0.6 is 0 Å². The normalized spacial score (nSPS) is 19.7. The van der Waals surface area contributed by atoms with Crippen LogP contribution in [0.5, 0.6) is 0 Å². The number of halogens is 1. The molecule has 2 heterocycles. The van der Waals surface area contributed by atoms with Crippen LogP contribution in [0.3, 0.4) is 0 Å². The summed E-state index contributed by atoms with van der Waals surface area (Å²) in [7, 11) is 2.01. The second-order valence-corrected chi connectivity index (χ2v) is 13.6. The number of likely N-dealkylation sites (N-methyl/N-ethyl adjacent to an activating group) is 1. The first kappa shape index (κ1) is 34.5. The first-order valence-electron chi connectivity index (χ1n) is 17.3. The number of carbonyl (C=O) groups is 4. The Hall–Kier alpha value is -3.80. The number of nitrogens with zero attached hydrogens (tertiary/aromatic N) is 4. The molecule has 11 nitrogen and oxygen atoms in total. The molecule has 3 atom stereocenters. The third kappa shape index (κ3) is 8.97. The van der Waals surface area contributed by atoms with Gasteiger partial charge in [0.25, 0.3) is 0 Å². The van der Waals surface area contributed by atoms with Crippen molar-refractivity contribution in [2.45, 2.75) is 90.1 Å². The Morgan fingerprint density at radius 3 is 2.26 bits per heavy atom. The number of piperazine rings is 1. The van der Waals surface area contributed by atoms with Crippen LogP contribution in [0.25, 0.3) is 0 Å². The molecule has 0 unspecified atom stereocenters. The van der Waals surface area contributed by atoms with E-state index in [1.807, 2.05) is 20.9 Å². The maximum absolute atomic E-state index is 15.7. The van der Waals surface area contributed by atoms with Crippen molar-refractivity contribution in [2.24, 2.45) is 17.8 Å². The van der Waals surface area contributed by atoms with E-state index in [9.17, 15) is 19.2 Å². The maximum Gasteiger partial charge on any atom is 0.245 e. The molecule has 1 aromatic carbocycles. The van der Waals surface area contributed by atoms with Crippen molar-refractivity contribution in [3.05, 3.63) is 41.8 Å². The highest BCUT2D eigenvalue weighted by molar-refractivity contribution is 6.10. The van der Waals surface area contributed by atoms with Crippen LogP contribution in [0, 0.1) is 23.6 Å². The van der Waals surface area contributed by atoms with Gasteiger partial charge in [-0.05, 0) is 69.2 Å². The lowest BCUT2D eigenvalue weighted by Gasteiger charge is -2.36. The van der Waals surface area contributed by atoms with Crippen molar-refractivity contribution in [3.63, 3.8) is 0 Å². The highest BCUT2D eigenvalue weighted by Crippen LogP contribution is 2.34. The van der Waals surface area contributed by atoms with E-state index in [1.54, 1.807) is 27.9 Å². The van der Waals surface area contributed by atoms with E-state index < -0.39 is 35.5 Å². The van der Waals surface area contributed by atoms with Crippen molar-refractivity contribution in [3.8, 4) is 0 Å². The summed E-state index contributed by atoms with van der Waals surface area (Å²) in [5, 5.41) is 12.8. The third-order valence-electron chi connectivity index (χ3n) is 10.0. The standard InChI is InChI=1S/C35H50FN7O4/c1-4-43-29(15-16-37-43)39-34(46)31(25-9-7-5-6-8-10-25)33(45)38-28-14-13-26(22-27(28)36)23(2)32(40-30(44)21-24-11-12-24)35(47)42-19-17-41(3)18-20-42/h13-16,22-25,31-32H,4-12,17-21H2,1-3H3,(H,38,45)(H,39,46)(H,40,44)/t23-,31-,32+/m0/s1. The Bertz CT molecular complexity index is 1410. The Morgan fingerprint density at radius 2 is 1.62 bits per heavy atom. The number of aryl methyl sites for hydroxylation is 1. The van der Waals surface area contributed by atoms with Crippen LogP contribution in [-0.4, -0.2) is 82.5 Å². The fourth-order valence-electron chi connectivity index (χ4n) is 6.85. The Morgan fingerprint density at radius 1 is 0.936 bits per heavy atom. The molecule has 12 heteroatoms. The smallest absolute Gasteiger partial charge is 0.245 e. The van der Waals surface area contributed by atoms with Crippen molar-refractivity contribution in [1.29, 1.82) is 0 Å². The maximum atomic E-state index is 15.7. The van der Waals surface area contributed by atoms with Crippen LogP contribution in [0.15, 0.2) is 30.5 Å². The highest BCUT2D eigenvalue weighted by Gasteiger charge is 2.37. The summed E-state index contributed by atoms with van der Waals surface area (Å²) < 4.78 is 17.4. The number of hydrogen-bond acceptors (Lipinski definition) is 6. The van der Waals surface area contributed by atoms with Gasteiger partial charge in [0.1, 0.15) is 23.6 Å². The molecule has 0 radical (unpaired) electrons. The minimum atomic E-state index is -1.00. The lowest BCUT2D eigenvalue weighted by molar-refractivity contribution is -0.138. The average Bonchev–Trinajstić information content (AvgIpc) is 3.82. The molecule has 0 bridgehead atoms. The summed E-state index contributed by atoms with van der Waals surface area (Å²) >= 11 is 0. The van der Waals surface area contributed by atoms with E-state index in [4.69, 9.17) is 0 Å². The topological polar surface area (TPSA) is 129 Å². The molecule has 2 saturated carbocycles. The van der Waals surface area contributed by atoms with Gasteiger partial charge in [0, 0.05) is 51.1 Å². The predicted molar refractivity (Wildman–Crippen MR) is 178 cm³/mol. The minimum Gasteiger partial charge on any atom is -0.344 e. The molecule has 4 amide bonds. The number of aromatic nitrogens is 2. The fraction of sp³-hybridized carbons (Fsp3) is 0.629. The number of anilines is 2. The van der Waals surface area contributed by atoms with Crippen molar-refractivity contribution in [2.75, 3.05) is 43.9 Å². The number of carbonyl (C=O) groups excluding carboxylic acids is 4. The fourth-order valence-corrected chi connectivity index (χ4v) is 6.85. The summed E-state index contributed by atoms with van der Waals surface area (Å²) in [4.78, 5) is 57.9. The van der Waals surface area contributed by atoms with E-state index in [0.717, 1.165) is 64.5 Å². The van der Waals surface area contributed by atoms with Crippen LogP contribution in [-0.2, 0) is 25.7 Å². The molecule has 3 N–H and O–H groups in total. The van der Waals surface area contributed by atoms with Crippen LogP contribution in [0.1, 0.15) is 83.1 Å². The van der Waals surface area contributed by atoms with Gasteiger partial charge in [-0.2, -0.15) is 5.10 Å². The van der Waals surface area contributed by atoms with Gasteiger partial charge in [0.05, 0.1) is 11.9 Å². The Kier molecular flexibility index (Phi) is 11.7.